The molecule has 5 rings (SSSR count). The van der Waals surface area contributed by atoms with Gasteiger partial charge in [0, 0.05) is 0 Å². The van der Waals surface area contributed by atoms with Crippen molar-refractivity contribution >= 4 is 11.9 Å². The maximum Gasteiger partial charge on any atom is 0.306 e. The van der Waals surface area contributed by atoms with Crippen LogP contribution in [0.25, 0.3) is 0 Å². The van der Waals surface area contributed by atoms with E-state index in [-0.39, 0.29) is 11.8 Å². The van der Waals surface area contributed by atoms with E-state index in [1.165, 1.54) is 25.7 Å². The highest BCUT2D eigenvalue weighted by Gasteiger charge is 2.52. The molecule has 0 bridgehead atoms. The molecule has 9 unspecified atom stereocenters. The van der Waals surface area contributed by atoms with Crippen molar-refractivity contribution in [2.75, 3.05) is 0 Å². The zero-order valence-electron chi connectivity index (χ0n) is 16.8. The quantitative estimate of drug-likeness (QED) is 0.656. The van der Waals surface area contributed by atoms with Crippen molar-refractivity contribution in [1.82, 2.24) is 0 Å². The van der Waals surface area contributed by atoms with Crippen LogP contribution < -0.4 is 0 Å². The van der Waals surface area contributed by atoms with Gasteiger partial charge < -0.3 is 10.2 Å². The molecular formula is C24H34O4. The maximum atomic E-state index is 11.8. The molecule has 5 aliphatic carbocycles. The highest BCUT2D eigenvalue weighted by Crippen LogP contribution is 2.59. The number of carboxylic acid groups (broad SMARTS) is 2. The molecule has 0 amide bonds. The fourth-order valence-electron chi connectivity index (χ4n) is 8.40. The molecule has 0 aromatic heterocycles. The van der Waals surface area contributed by atoms with Crippen LogP contribution in [-0.2, 0) is 9.59 Å². The van der Waals surface area contributed by atoms with Gasteiger partial charge in [0.1, 0.15) is 0 Å². The van der Waals surface area contributed by atoms with Crippen LogP contribution in [0.4, 0.5) is 0 Å². The molecule has 5 aliphatic rings. The Morgan fingerprint density at radius 2 is 1.54 bits per heavy atom. The smallest absolute Gasteiger partial charge is 0.306 e. The minimum atomic E-state index is -0.600. The van der Waals surface area contributed by atoms with E-state index < -0.39 is 11.9 Å². The fourth-order valence-corrected chi connectivity index (χ4v) is 8.40. The fraction of sp³-hybridized carbons (Fsp3) is 0.833. The van der Waals surface area contributed by atoms with Gasteiger partial charge in [-0.15, -0.1) is 0 Å². The molecule has 2 N–H and O–H groups in total. The van der Waals surface area contributed by atoms with Gasteiger partial charge in [-0.2, -0.15) is 0 Å². The molecule has 4 heteroatoms. The van der Waals surface area contributed by atoms with Crippen LogP contribution in [0.1, 0.15) is 70.6 Å². The standard InChI is InChI=1S/C24H34O4/c25-23(26)14-5-4-13-6-7-16-18-8-10-19-15(2-1-3-21(19)24(27)28)17(18)9-11-20(16)22(13)12-14/h11,13-19,21-22H,1-10,12H2,(H,25,26)(H,27,28). The molecule has 4 nitrogen and oxygen atoms in total. The van der Waals surface area contributed by atoms with Gasteiger partial charge in [-0.3, -0.25) is 9.59 Å². The summed E-state index contributed by atoms with van der Waals surface area (Å²) >= 11 is 0. The number of carboxylic acids is 2. The van der Waals surface area contributed by atoms with Crippen molar-refractivity contribution in [3.63, 3.8) is 0 Å². The minimum Gasteiger partial charge on any atom is -0.481 e. The van der Waals surface area contributed by atoms with Gasteiger partial charge >= 0.3 is 11.9 Å². The van der Waals surface area contributed by atoms with Crippen LogP contribution in [0.2, 0.25) is 0 Å². The van der Waals surface area contributed by atoms with E-state index in [2.05, 4.69) is 6.08 Å². The second-order valence-electron chi connectivity index (χ2n) is 10.4. The Morgan fingerprint density at radius 1 is 0.750 bits per heavy atom. The van der Waals surface area contributed by atoms with Crippen LogP contribution in [0.15, 0.2) is 11.6 Å². The molecule has 0 aromatic carbocycles. The molecule has 4 fully saturated rings. The molecule has 0 saturated heterocycles. The topological polar surface area (TPSA) is 74.6 Å². The molecule has 0 aliphatic heterocycles. The summed E-state index contributed by atoms with van der Waals surface area (Å²) in [7, 11) is 0. The van der Waals surface area contributed by atoms with Crippen LogP contribution in [0.5, 0.6) is 0 Å². The molecule has 0 aromatic rings. The highest BCUT2D eigenvalue weighted by molar-refractivity contribution is 5.70. The second-order valence-corrected chi connectivity index (χ2v) is 10.4. The summed E-state index contributed by atoms with van der Waals surface area (Å²) < 4.78 is 0. The summed E-state index contributed by atoms with van der Waals surface area (Å²) in [5, 5.41) is 19.2. The first-order valence-electron chi connectivity index (χ1n) is 11.7. The number of aliphatic carboxylic acids is 2. The number of rotatable bonds is 2. The van der Waals surface area contributed by atoms with Gasteiger partial charge in [-0.05, 0) is 106 Å². The average molecular weight is 387 g/mol. The zero-order valence-corrected chi connectivity index (χ0v) is 16.8. The van der Waals surface area contributed by atoms with E-state index in [4.69, 9.17) is 0 Å². The van der Waals surface area contributed by atoms with Gasteiger partial charge in [0.25, 0.3) is 0 Å². The minimum absolute atomic E-state index is 0.115. The van der Waals surface area contributed by atoms with Gasteiger partial charge in [0.05, 0.1) is 11.8 Å². The van der Waals surface area contributed by atoms with Crippen molar-refractivity contribution < 1.29 is 19.8 Å². The lowest BCUT2D eigenvalue weighted by atomic mass is 9.49. The van der Waals surface area contributed by atoms with Crippen LogP contribution in [0, 0.1) is 53.3 Å². The predicted molar refractivity (Wildman–Crippen MR) is 106 cm³/mol. The van der Waals surface area contributed by atoms with Crippen molar-refractivity contribution in [2.24, 2.45) is 53.3 Å². The number of allylic oxidation sites excluding steroid dienone is 2. The third-order valence-corrected chi connectivity index (χ3v) is 9.56. The first-order chi connectivity index (χ1) is 13.5. The van der Waals surface area contributed by atoms with Gasteiger partial charge in [-0.1, -0.05) is 18.1 Å². The largest absolute Gasteiger partial charge is 0.481 e. The van der Waals surface area contributed by atoms with E-state index in [9.17, 15) is 19.8 Å². The Morgan fingerprint density at radius 3 is 2.32 bits per heavy atom. The Kier molecular flexibility index (Phi) is 4.79. The number of hydrogen-bond acceptors (Lipinski definition) is 2. The lowest BCUT2D eigenvalue weighted by molar-refractivity contribution is -0.149. The molecule has 28 heavy (non-hydrogen) atoms. The van der Waals surface area contributed by atoms with Crippen molar-refractivity contribution in [1.29, 1.82) is 0 Å². The molecule has 9 atom stereocenters. The lowest BCUT2D eigenvalue weighted by Crippen LogP contribution is -2.48. The molecule has 0 radical (unpaired) electrons. The van der Waals surface area contributed by atoms with E-state index in [0.29, 0.717) is 35.5 Å². The van der Waals surface area contributed by atoms with Crippen molar-refractivity contribution in [3.8, 4) is 0 Å². The molecule has 4 saturated carbocycles. The van der Waals surface area contributed by atoms with Crippen molar-refractivity contribution in [2.45, 2.75) is 70.6 Å². The van der Waals surface area contributed by atoms with Gasteiger partial charge in [-0.25, -0.2) is 0 Å². The second kappa shape index (κ2) is 7.18. The van der Waals surface area contributed by atoms with Crippen LogP contribution in [-0.4, -0.2) is 22.2 Å². The maximum absolute atomic E-state index is 11.8. The SMILES string of the molecule is O=C(O)C1CCC2CCC3C(=CCC4C3CCC3C(C(=O)O)CCCC34)C2C1. The zero-order chi connectivity index (χ0) is 19.4. The number of fused-ring (bicyclic) bond motifs is 7. The summed E-state index contributed by atoms with van der Waals surface area (Å²) in [6.07, 6.45) is 14.4. The number of hydrogen-bond donors (Lipinski definition) is 2. The Hall–Kier alpha value is -1.32. The third-order valence-electron chi connectivity index (χ3n) is 9.56. The van der Waals surface area contributed by atoms with Gasteiger partial charge in [0.2, 0.25) is 0 Å². The Balaban J connectivity index is 1.38. The third kappa shape index (κ3) is 2.93. The summed E-state index contributed by atoms with van der Waals surface area (Å²) in [6.45, 7) is 0. The lowest BCUT2D eigenvalue weighted by Gasteiger charge is -2.55. The summed E-state index contributed by atoms with van der Waals surface area (Å²) in [6, 6.07) is 0. The molecule has 154 valence electrons. The molecule has 0 spiro atoms. The normalized spacial score (nSPS) is 47.6. The van der Waals surface area contributed by atoms with E-state index >= 15 is 0 Å². The van der Waals surface area contributed by atoms with E-state index in [1.807, 2.05) is 0 Å². The van der Waals surface area contributed by atoms with Crippen LogP contribution in [0.3, 0.4) is 0 Å². The molecular weight excluding hydrogens is 352 g/mol. The van der Waals surface area contributed by atoms with E-state index in [1.54, 1.807) is 5.57 Å². The van der Waals surface area contributed by atoms with E-state index in [0.717, 1.165) is 50.9 Å². The Bertz CT molecular complexity index is 682. The summed E-state index contributed by atoms with van der Waals surface area (Å²) in [5.74, 6) is 2.82. The monoisotopic (exact) mass is 386 g/mol. The summed E-state index contributed by atoms with van der Waals surface area (Å²) in [5.41, 5.74) is 1.62. The first kappa shape index (κ1) is 18.7. The highest BCUT2D eigenvalue weighted by atomic mass is 16.4. The predicted octanol–water partition coefficient (Wildman–Crippen LogP) is 4.99. The average Bonchev–Trinajstić information content (AvgIpc) is 2.71. The first-order valence-corrected chi connectivity index (χ1v) is 11.7. The van der Waals surface area contributed by atoms with Gasteiger partial charge in [0.15, 0.2) is 0 Å². The number of carbonyl (C=O) groups is 2. The van der Waals surface area contributed by atoms with Crippen molar-refractivity contribution in [3.05, 3.63) is 11.6 Å². The Labute approximate surface area is 167 Å². The summed E-state index contributed by atoms with van der Waals surface area (Å²) in [4.78, 5) is 23.4. The molecule has 0 heterocycles. The van der Waals surface area contributed by atoms with Crippen LogP contribution >= 0.6 is 0 Å².